The highest BCUT2D eigenvalue weighted by Gasteiger charge is 2.20. The summed E-state index contributed by atoms with van der Waals surface area (Å²) in [6.45, 7) is 0. The summed E-state index contributed by atoms with van der Waals surface area (Å²) in [5.41, 5.74) is 11.2. The Morgan fingerprint density at radius 2 is 0.877 bits per heavy atom. The van der Waals surface area contributed by atoms with Gasteiger partial charge < -0.3 is 4.74 Å². The Bertz CT molecular complexity index is 3240. The average molecular weight is 731 g/mol. The fourth-order valence-corrected chi connectivity index (χ4v) is 8.18. The van der Waals surface area contributed by atoms with E-state index in [-0.39, 0.29) is 0 Å². The molecule has 0 amide bonds. The zero-order valence-electron chi connectivity index (χ0n) is 30.8. The van der Waals surface area contributed by atoms with Crippen LogP contribution in [0.15, 0.2) is 206 Å². The lowest BCUT2D eigenvalue weighted by molar-refractivity contribution is 0.462. The Labute approximate surface area is 329 Å². The summed E-state index contributed by atoms with van der Waals surface area (Å²) < 4.78 is 10.8. The first-order chi connectivity index (χ1) is 28.2. The van der Waals surface area contributed by atoms with Crippen molar-refractivity contribution < 1.29 is 4.74 Å². The van der Waals surface area contributed by atoms with E-state index in [9.17, 15) is 0 Å². The van der Waals surface area contributed by atoms with Crippen LogP contribution in [-0.4, -0.2) is 19.1 Å². The van der Waals surface area contributed by atoms with Gasteiger partial charge in [0.1, 0.15) is 17.4 Å². The largest absolute Gasteiger partial charge is 0.439 e. The van der Waals surface area contributed by atoms with Crippen LogP contribution < -0.4 is 4.74 Å². The molecule has 4 heterocycles. The maximum absolute atomic E-state index is 6.28. The lowest BCUT2D eigenvalue weighted by Gasteiger charge is -2.12. The van der Waals surface area contributed by atoms with Gasteiger partial charge in [0.25, 0.3) is 0 Å². The van der Waals surface area contributed by atoms with Crippen molar-refractivity contribution >= 4 is 43.6 Å². The smallest absolute Gasteiger partial charge is 0.221 e. The first-order valence-electron chi connectivity index (χ1n) is 19.1. The Hall–Kier alpha value is -7.76. The molecule has 0 atom stereocenters. The molecule has 268 valence electrons. The number of para-hydroxylation sites is 2. The Balaban J connectivity index is 1.15. The van der Waals surface area contributed by atoms with Crippen LogP contribution in [0.4, 0.5) is 0 Å². The minimum absolute atomic E-state index is 0.526. The van der Waals surface area contributed by atoms with Gasteiger partial charge in [-0.2, -0.15) is 4.98 Å². The number of benzene rings is 7. The van der Waals surface area contributed by atoms with Gasteiger partial charge in [-0.05, 0) is 88.0 Å². The molecule has 11 aromatic rings. The van der Waals surface area contributed by atoms with Crippen LogP contribution in [-0.2, 0) is 0 Å². The molecule has 4 aromatic heterocycles. The summed E-state index contributed by atoms with van der Waals surface area (Å²) >= 11 is 0. The predicted molar refractivity (Wildman–Crippen MR) is 234 cm³/mol. The molecule has 5 heteroatoms. The summed E-state index contributed by atoms with van der Waals surface area (Å²) in [4.78, 5) is 10.1. The van der Waals surface area contributed by atoms with Gasteiger partial charge in [-0.15, -0.1) is 0 Å². The van der Waals surface area contributed by atoms with E-state index in [1.165, 1.54) is 21.9 Å². The van der Waals surface area contributed by atoms with Crippen LogP contribution in [0, 0.1) is 0 Å². The highest BCUT2D eigenvalue weighted by atomic mass is 16.5. The van der Waals surface area contributed by atoms with E-state index in [1.807, 2.05) is 54.7 Å². The molecule has 0 fully saturated rings. The minimum atomic E-state index is 0.526. The highest BCUT2D eigenvalue weighted by molar-refractivity contribution is 6.19. The number of rotatable bonds is 7. The van der Waals surface area contributed by atoms with Crippen molar-refractivity contribution in [3.8, 4) is 56.6 Å². The monoisotopic (exact) mass is 730 g/mol. The molecular weight excluding hydrogens is 697 g/mol. The molecule has 0 aliphatic heterocycles. The van der Waals surface area contributed by atoms with Crippen LogP contribution in [0.2, 0.25) is 0 Å². The maximum atomic E-state index is 6.28. The number of ether oxygens (including phenoxy) is 1. The van der Waals surface area contributed by atoms with Gasteiger partial charge in [0.2, 0.25) is 5.88 Å². The molecule has 0 radical (unpaired) electrons. The summed E-state index contributed by atoms with van der Waals surface area (Å²) in [5, 5.41) is 4.63. The molecule has 7 aromatic carbocycles. The van der Waals surface area contributed by atoms with Gasteiger partial charge in [-0.25, -0.2) is 4.98 Å². The van der Waals surface area contributed by atoms with E-state index < -0.39 is 0 Å². The Morgan fingerprint density at radius 3 is 1.61 bits per heavy atom. The predicted octanol–water partition coefficient (Wildman–Crippen LogP) is 13.5. The molecule has 0 saturated carbocycles. The van der Waals surface area contributed by atoms with Crippen molar-refractivity contribution in [2.45, 2.75) is 0 Å². The van der Waals surface area contributed by atoms with Crippen molar-refractivity contribution in [3.63, 3.8) is 0 Å². The highest BCUT2D eigenvalue weighted by Crippen LogP contribution is 2.41. The molecule has 0 spiro atoms. The fraction of sp³-hybridized carbons (Fsp3) is 0. The van der Waals surface area contributed by atoms with Gasteiger partial charge in [0.15, 0.2) is 0 Å². The van der Waals surface area contributed by atoms with E-state index in [1.54, 1.807) is 0 Å². The number of hydrogen-bond acceptors (Lipinski definition) is 3. The minimum Gasteiger partial charge on any atom is -0.439 e. The third kappa shape index (κ3) is 5.72. The standard InChI is InChI=1S/C52H34N4O/c1-4-13-35(14-5-1)37-23-25-38(26-24-37)39-27-28-43-45-33-44-42-19-10-11-20-46(42)55(51-32-40(29-30-53-51)36-15-6-2-7-16-36)48(44)34-49(45)56(47(43)31-39)50-21-12-22-52(54-50)57-41-17-8-3-9-18-41/h1-34H. The van der Waals surface area contributed by atoms with Gasteiger partial charge in [-0.1, -0.05) is 140 Å². The normalized spacial score (nSPS) is 11.5. The van der Waals surface area contributed by atoms with E-state index in [2.05, 4.69) is 161 Å². The lowest BCUT2D eigenvalue weighted by Crippen LogP contribution is -2.00. The van der Waals surface area contributed by atoms with E-state index in [0.717, 1.165) is 72.5 Å². The Kier molecular flexibility index (Phi) is 7.74. The molecule has 0 bridgehead atoms. The van der Waals surface area contributed by atoms with Crippen LogP contribution in [0.3, 0.4) is 0 Å². The van der Waals surface area contributed by atoms with Crippen molar-refractivity contribution in [2.24, 2.45) is 0 Å². The second-order valence-electron chi connectivity index (χ2n) is 14.3. The molecule has 0 unspecified atom stereocenters. The maximum Gasteiger partial charge on any atom is 0.221 e. The second-order valence-corrected chi connectivity index (χ2v) is 14.3. The molecule has 0 aliphatic carbocycles. The first-order valence-corrected chi connectivity index (χ1v) is 19.1. The zero-order chi connectivity index (χ0) is 37.7. The molecule has 5 nitrogen and oxygen atoms in total. The van der Waals surface area contributed by atoms with E-state index in [4.69, 9.17) is 14.7 Å². The quantitative estimate of drug-likeness (QED) is 0.164. The molecular formula is C52H34N4O. The lowest BCUT2D eigenvalue weighted by atomic mass is 9.99. The van der Waals surface area contributed by atoms with E-state index >= 15 is 0 Å². The van der Waals surface area contributed by atoms with Gasteiger partial charge in [0.05, 0.1) is 22.1 Å². The van der Waals surface area contributed by atoms with Crippen LogP contribution >= 0.6 is 0 Å². The number of fused-ring (bicyclic) bond motifs is 6. The molecule has 11 rings (SSSR count). The number of pyridine rings is 2. The SMILES string of the molecule is c1ccc(Oc2cccc(-n3c4cc(-c5ccc(-c6ccccc6)cc5)ccc4c4cc5c6ccccc6n(-c6cc(-c7ccccc7)ccn6)c5cc43)n2)cc1. The zero-order valence-corrected chi connectivity index (χ0v) is 30.8. The third-order valence-corrected chi connectivity index (χ3v) is 10.9. The fourth-order valence-electron chi connectivity index (χ4n) is 8.18. The summed E-state index contributed by atoms with van der Waals surface area (Å²) in [7, 11) is 0. The number of nitrogens with zero attached hydrogens (tertiary/aromatic N) is 4. The van der Waals surface area contributed by atoms with Crippen molar-refractivity contribution in [1.82, 2.24) is 19.1 Å². The summed E-state index contributed by atoms with van der Waals surface area (Å²) in [5.74, 6) is 2.90. The van der Waals surface area contributed by atoms with Gasteiger partial charge >= 0.3 is 0 Å². The van der Waals surface area contributed by atoms with Gasteiger partial charge in [0, 0.05) is 33.8 Å². The molecule has 0 aliphatic rings. The second kappa shape index (κ2) is 13.5. The van der Waals surface area contributed by atoms with Gasteiger partial charge in [-0.3, -0.25) is 9.13 Å². The molecule has 57 heavy (non-hydrogen) atoms. The van der Waals surface area contributed by atoms with Crippen LogP contribution in [0.5, 0.6) is 11.6 Å². The van der Waals surface area contributed by atoms with Crippen molar-refractivity contribution in [2.75, 3.05) is 0 Å². The molecule has 0 saturated heterocycles. The van der Waals surface area contributed by atoms with Crippen LogP contribution in [0.1, 0.15) is 0 Å². The number of hydrogen-bond donors (Lipinski definition) is 0. The number of aromatic nitrogens is 4. The first kappa shape index (κ1) is 32.7. The molecule has 0 N–H and O–H groups in total. The summed E-state index contributed by atoms with van der Waals surface area (Å²) in [6.07, 6.45) is 1.91. The van der Waals surface area contributed by atoms with Crippen molar-refractivity contribution in [3.05, 3.63) is 206 Å². The average Bonchev–Trinajstić information content (AvgIpc) is 3.78. The topological polar surface area (TPSA) is 44.9 Å². The Morgan fingerprint density at radius 1 is 0.333 bits per heavy atom. The third-order valence-electron chi connectivity index (χ3n) is 10.9. The van der Waals surface area contributed by atoms with Crippen molar-refractivity contribution in [1.29, 1.82) is 0 Å². The van der Waals surface area contributed by atoms with E-state index in [0.29, 0.717) is 5.88 Å². The van der Waals surface area contributed by atoms with Crippen LogP contribution in [0.25, 0.3) is 88.6 Å². The summed E-state index contributed by atoms with van der Waals surface area (Å²) in [6, 6.07) is 69.9.